The lowest BCUT2D eigenvalue weighted by molar-refractivity contribution is 0.0951. The third-order valence-electron chi connectivity index (χ3n) is 3.11. The molecule has 0 aromatic heterocycles. The summed E-state index contributed by atoms with van der Waals surface area (Å²) in [5.41, 5.74) is 2.50. The van der Waals surface area contributed by atoms with Crippen LogP contribution in [-0.2, 0) is 6.54 Å². The third kappa shape index (κ3) is 5.56. The molecule has 0 heterocycles. The van der Waals surface area contributed by atoms with E-state index >= 15 is 0 Å². The molecule has 3 N–H and O–H groups in total. The molecule has 0 saturated carbocycles. The van der Waals surface area contributed by atoms with Crippen LogP contribution < -0.4 is 16.0 Å². The third-order valence-corrected chi connectivity index (χ3v) is 3.35. The highest BCUT2D eigenvalue weighted by Gasteiger charge is 2.05. The van der Waals surface area contributed by atoms with E-state index in [0.717, 1.165) is 11.3 Å². The van der Waals surface area contributed by atoms with Gasteiger partial charge in [-0.15, -0.1) is 6.58 Å². The predicted octanol–water partition coefficient (Wildman–Crippen LogP) is 3.09. The highest BCUT2D eigenvalue weighted by atomic mass is 32.1. The van der Waals surface area contributed by atoms with Gasteiger partial charge in [0.2, 0.25) is 0 Å². The van der Waals surface area contributed by atoms with Gasteiger partial charge in [-0.1, -0.05) is 36.4 Å². The molecule has 2 aromatic carbocycles. The minimum atomic E-state index is -0.104. The van der Waals surface area contributed by atoms with Crippen LogP contribution in [0.25, 0.3) is 0 Å². The number of amides is 1. The average molecular weight is 325 g/mol. The molecule has 1 amide bonds. The Labute approximate surface area is 141 Å². The van der Waals surface area contributed by atoms with Crippen LogP contribution in [0.3, 0.4) is 0 Å². The van der Waals surface area contributed by atoms with Crippen LogP contribution in [0.5, 0.6) is 0 Å². The second kappa shape index (κ2) is 8.70. The van der Waals surface area contributed by atoms with E-state index in [4.69, 9.17) is 12.2 Å². The number of thiocarbonyl (C=S) groups is 1. The van der Waals surface area contributed by atoms with Crippen molar-refractivity contribution in [2.24, 2.45) is 0 Å². The average Bonchev–Trinajstić information content (AvgIpc) is 2.59. The molecule has 0 aliphatic rings. The fourth-order valence-corrected chi connectivity index (χ4v) is 2.13. The van der Waals surface area contributed by atoms with Gasteiger partial charge in [0.1, 0.15) is 0 Å². The van der Waals surface area contributed by atoms with Crippen molar-refractivity contribution in [3.05, 3.63) is 78.4 Å². The standard InChI is InChI=1S/C18H19N3OS/c1-2-12-19-18(23)21-16-10-8-15(9-11-16)17(22)20-13-14-6-4-3-5-7-14/h2-11H,1,12-13H2,(H,20,22)(H2,19,21,23). The second-order valence-corrected chi connectivity index (χ2v) is 5.28. The molecule has 2 rings (SSSR count). The monoisotopic (exact) mass is 325 g/mol. The van der Waals surface area contributed by atoms with Gasteiger partial charge >= 0.3 is 0 Å². The molecule has 23 heavy (non-hydrogen) atoms. The maximum absolute atomic E-state index is 12.1. The second-order valence-electron chi connectivity index (χ2n) is 4.87. The van der Waals surface area contributed by atoms with Gasteiger partial charge in [0.05, 0.1) is 0 Å². The summed E-state index contributed by atoms with van der Waals surface area (Å²) in [6, 6.07) is 17.0. The Kier molecular flexibility index (Phi) is 6.32. The van der Waals surface area contributed by atoms with Crippen molar-refractivity contribution in [2.45, 2.75) is 6.54 Å². The summed E-state index contributed by atoms with van der Waals surface area (Å²) in [7, 11) is 0. The Morgan fingerprint density at radius 3 is 2.39 bits per heavy atom. The summed E-state index contributed by atoms with van der Waals surface area (Å²) in [4.78, 5) is 12.1. The molecule has 0 fully saturated rings. The minimum Gasteiger partial charge on any atom is -0.359 e. The number of rotatable bonds is 6. The summed E-state index contributed by atoms with van der Waals surface area (Å²) in [5.74, 6) is -0.104. The Morgan fingerprint density at radius 2 is 1.74 bits per heavy atom. The van der Waals surface area contributed by atoms with Gasteiger partial charge in [-0.2, -0.15) is 0 Å². The van der Waals surface area contributed by atoms with Crippen LogP contribution in [0.15, 0.2) is 67.3 Å². The van der Waals surface area contributed by atoms with Crippen molar-refractivity contribution < 1.29 is 4.79 Å². The normalized spacial score (nSPS) is 9.74. The molecule has 0 spiro atoms. The van der Waals surface area contributed by atoms with E-state index in [9.17, 15) is 4.79 Å². The van der Waals surface area contributed by atoms with E-state index in [2.05, 4.69) is 22.5 Å². The van der Waals surface area contributed by atoms with E-state index in [1.165, 1.54) is 0 Å². The molecular formula is C18H19N3OS. The van der Waals surface area contributed by atoms with Crippen LogP contribution >= 0.6 is 12.2 Å². The molecular weight excluding hydrogens is 306 g/mol. The molecule has 0 atom stereocenters. The number of nitrogens with one attached hydrogen (secondary N) is 3. The molecule has 0 aliphatic heterocycles. The number of anilines is 1. The highest BCUT2D eigenvalue weighted by Crippen LogP contribution is 2.10. The molecule has 0 aliphatic carbocycles. The molecule has 0 saturated heterocycles. The molecule has 118 valence electrons. The molecule has 2 aromatic rings. The SMILES string of the molecule is C=CCNC(=S)Nc1ccc(C(=O)NCc2ccccc2)cc1. The molecule has 0 unspecified atom stereocenters. The van der Waals surface area contributed by atoms with E-state index in [0.29, 0.717) is 23.8 Å². The first-order valence-electron chi connectivity index (χ1n) is 7.27. The van der Waals surface area contributed by atoms with E-state index in [1.807, 2.05) is 42.5 Å². The highest BCUT2D eigenvalue weighted by molar-refractivity contribution is 7.80. The fraction of sp³-hybridized carbons (Fsp3) is 0.111. The van der Waals surface area contributed by atoms with E-state index in [1.54, 1.807) is 18.2 Å². The number of carbonyl (C=O) groups is 1. The smallest absolute Gasteiger partial charge is 0.251 e. The zero-order chi connectivity index (χ0) is 16.5. The largest absolute Gasteiger partial charge is 0.359 e. The lowest BCUT2D eigenvalue weighted by Gasteiger charge is -2.10. The summed E-state index contributed by atoms with van der Waals surface area (Å²) in [6.45, 7) is 4.73. The van der Waals surface area contributed by atoms with Crippen molar-refractivity contribution in [1.82, 2.24) is 10.6 Å². The zero-order valence-electron chi connectivity index (χ0n) is 12.7. The van der Waals surface area contributed by atoms with Crippen molar-refractivity contribution in [1.29, 1.82) is 0 Å². The van der Waals surface area contributed by atoms with Gasteiger partial charge in [0.15, 0.2) is 5.11 Å². The van der Waals surface area contributed by atoms with Crippen LogP contribution in [0, 0.1) is 0 Å². The quantitative estimate of drug-likeness (QED) is 0.564. The maximum Gasteiger partial charge on any atom is 0.251 e. The number of hydrogen-bond acceptors (Lipinski definition) is 2. The lowest BCUT2D eigenvalue weighted by Crippen LogP contribution is -2.28. The Hall–Kier alpha value is -2.66. The van der Waals surface area contributed by atoms with Crippen molar-refractivity contribution >= 4 is 28.9 Å². The molecule has 4 nitrogen and oxygen atoms in total. The maximum atomic E-state index is 12.1. The Balaban J connectivity index is 1.87. The minimum absolute atomic E-state index is 0.104. The van der Waals surface area contributed by atoms with Crippen molar-refractivity contribution in [2.75, 3.05) is 11.9 Å². The van der Waals surface area contributed by atoms with Gasteiger partial charge < -0.3 is 16.0 Å². The van der Waals surface area contributed by atoms with E-state index in [-0.39, 0.29) is 5.91 Å². The van der Waals surface area contributed by atoms with Crippen LogP contribution in [0.4, 0.5) is 5.69 Å². The Bertz CT molecular complexity index is 668. The van der Waals surface area contributed by atoms with Crippen LogP contribution in [-0.4, -0.2) is 17.6 Å². The molecule has 0 radical (unpaired) electrons. The first-order valence-corrected chi connectivity index (χ1v) is 7.68. The van der Waals surface area contributed by atoms with Crippen molar-refractivity contribution in [3.63, 3.8) is 0 Å². The summed E-state index contributed by atoms with van der Waals surface area (Å²) < 4.78 is 0. The van der Waals surface area contributed by atoms with Gasteiger partial charge in [0, 0.05) is 24.3 Å². The Morgan fingerprint density at radius 1 is 1.04 bits per heavy atom. The fourth-order valence-electron chi connectivity index (χ4n) is 1.93. The topological polar surface area (TPSA) is 53.2 Å². The number of benzene rings is 2. The van der Waals surface area contributed by atoms with E-state index < -0.39 is 0 Å². The van der Waals surface area contributed by atoms with Gasteiger partial charge in [-0.3, -0.25) is 4.79 Å². The van der Waals surface area contributed by atoms with Gasteiger partial charge in [-0.25, -0.2) is 0 Å². The first-order chi connectivity index (χ1) is 11.2. The van der Waals surface area contributed by atoms with Gasteiger partial charge in [-0.05, 0) is 42.0 Å². The number of hydrogen-bond donors (Lipinski definition) is 3. The van der Waals surface area contributed by atoms with Crippen LogP contribution in [0.1, 0.15) is 15.9 Å². The van der Waals surface area contributed by atoms with Crippen molar-refractivity contribution in [3.8, 4) is 0 Å². The summed E-state index contributed by atoms with van der Waals surface area (Å²) >= 11 is 5.13. The number of carbonyl (C=O) groups excluding carboxylic acids is 1. The summed E-state index contributed by atoms with van der Waals surface area (Å²) in [6.07, 6.45) is 1.73. The van der Waals surface area contributed by atoms with Gasteiger partial charge in [0.25, 0.3) is 5.91 Å². The summed E-state index contributed by atoms with van der Waals surface area (Å²) in [5, 5.41) is 9.44. The molecule has 0 bridgehead atoms. The van der Waals surface area contributed by atoms with Crippen LogP contribution in [0.2, 0.25) is 0 Å². The molecule has 5 heteroatoms. The zero-order valence-corrected chi connectivity index (χ0v) is 13.5. The first kappa shape index (κ1) is 16.7. The lowest BCUT2D eigenvalue weighted by atomic mass is 10.2. The predicted molar refractivity (Wildman–Crippen MR) is 98.5 cm³/mol.